The molecule has 1 amide bonds. The summed E-state index contributed by atoms with van der Waals surface area (Å²) in [6.45, 7) is 1.40. The van der Waals surface area contributed by atoms with Gasteiger partial charge in [-0.05, 0) is 43.2 Å². The summed E-state index contributed by atoms with van der Waals surface area (Å²) in [7, 11) is 0. The number of piperidine rings is 1. The summed E-state index contributed by atoms with van der Waals surface area (Å²) in [6, 6.07) is 13.1. The van der Waals surface area contributed by atoms with Crippen LogP contribution in [0.15, 0.2) is 67.3 Å². The Bertz CT molecular complexity index is 865. The first-order chi connectivity index (χ1) is 12.8. The average Bonchev–Trinajstić information content (AvgIpc) is 3.24. The van der Waals surface area contributed by atoms with Gasteiger partial charge in [0.15, 0.2) is 0 Å². The van der Waals surface area contributed by atoms with Crippen molar-refractivity contribution in [1.29, 1.82) is 0 Å². The summed E-state index contributed by atoms with van der Waals surface area (Å²) in [6.07, 6.45) is 9.04. The first-order valence-corrected chi connectivity index (χ1v) is 8.76. The second kappa shape index (κ2) is 7.39. The molecule has 0 saturated carbocycles. The van der Waals surface area contributed by atoms with Gasteiger partial charge in [-0.15, -0.1) is 0 Å². The molecule has 1 aliphatic heterocycles. The van der Waals surface area contributed by atoms with E-state index in [0.29, 0.717) is 23.6 Å². The van der Waals surface area contributed by atoms with Gasteiger partial charge in [-0.2, -0.15) is 5.10 Å². The van der Waals surface area contributed by atoms with E-state index in [4.69, 9.17) is 4.74 Å². The van der Waals surface area contributed by atoms with E-state index >= 15 is 0 Å². The molecule has 4 rings (SSSR count). The Kier molecular flexibility index (Phi) is 4.64. The number of amides is 1. The highest BCUT2D eigenvalue weighted by atomic mass is 16.5. The highest BCUT2D eigenvalue weighted by Crippen LogP contribution is 2.28. The summed E-state index contributed by atoms with van der Waals surface area (Å²) < 4.78 is 7.83. The van der Waals surface area contributed by atoms with Gasteiger partial charge in [-0.3, -0.25) is 14.5 Å². The molecule has 6 heteroatoms. The van der Waals surface area contributed by atoms with Crippen LogP contribution in [0.3, 0.4) is 0 Å². The maximum atomic E-state index is 13.1. The Hall–Kier alpha value is -3.15. The third-order valence-corrected chi connectivity index (χ3v) is 4.56. The summed E-state index contributed by atoms with van der Waals surface area (Å²) in [4.78, 5) is 19.1. The lowest BCUT2D eigenvalue weighted by Gasteiger charge is -2.33. The van der Waals surface area contributed by atoms with Crippen molar-refractivity contribution in [2.24, 2.45) is 0 Å². The molecule has 2 aromatic heterocycles. The Morgan fingerprint density at radius 1 is 1.12 bits per heavy atom. The fraction of sp³-hybridized carbons (Fsp3) is 0.250. The number of hydrogen-bond donors (Lipinski definition) is 0. The third kappa shape index (κ3) is 3.44. The highest BCUT2D eigenvalue weighted by molar-refractivity contribution is 5.97. The lowest BCUT2D eigenvalue weighted by atomic mass is 10.0. The number of para-hydroxylation sites is 1. The number of hydrogen-bond acceptors (Lipinski definition) is 4. The standard InChI is InChI=1S/C20H20N4O2/c25-20(23-12-4-6-16(15-23)24-13-5-11-22-24)18-8-1-2-9-19(18)26-17-7-3-10-21-14-17/h1-3,5,7-11,13-14,16H,4,6,12,15H2/t16-/m0/s1. The largest absolute Gasteiger partial charge is 0.455 e. The minimum atomic E-state index is -0.0126. The van der Waals surface area contributed by atoms with E-state index in [1.54, 1.807) is 24.7 Å². The van der Waals surface area contributed by atoms with Crippen LogP contribution in [0.25, 0.3) is 0 Å². The van der Waals surface area contributed by atoms with Gasteiger partial charge < -0.3 is 9.64 Å². The normalized spacial score (nSPS) is 17.1. The van der Waals surface area contributed by atoms with Crippen molar-refractivity contribution < 1.29 is 9.53 Å². The van der Waals surface area contributed by atoms with Crippen LogP contribution in [-0.2, 0) is 0 Å². The van der Waals surface area contributed by atoms with Gasteiger partial charge in [-0.25, -0.2) is 0 Å². The summed E-state index contributed by atoms with van der Waals surface area (Å²) in [5, 5.41) is 4.33. The quantitative estimate of drug-likeness (QED) is 0.723. The van der Waals surface area contributed by atoms with Crippen LogP contribution in [0.1, 0.15) is 29.2 Å². The van der Waals surface area contributed by atoms with Crippen LogP contribution >= 0.6 is 0 Å². The summed E-state index contributed by atoms with van der Waals surface area (Å²) in [5.41, 5.74) is 0.567. The molecule has 0 radical (unpaired) electrons. The van der Waals surface area contributed by atoms with Crippen molar-refractivity contribution in [1.82, 2.24) is 19.7 Å². The van der Waals surface area contributed by atoms with Crippen molar-refractivity contribution in [3.63, 3.8) is 0 Å². The van der Waals surface area contributed by atoms with Crippen molar-refractivity contribution in [3.05, 3.63) is 72.8 Å². The molecule has 3 aromatic rings. The zero-order valence-corrected chi connectivity index (χ0v) is 14.4. The molecule has 0 unspecified atom stereocenters. The van der Waals surface area contributed by atoms with Gasteiger partial charge in [0, 0.05) is 31.7 Å². The molecule has 26 heavy (non-hydrogen) atoms. The molecule has 1 saturated heterocycles. The summed E-state index contributed by atoms with van der Waals surface area (Å²) in [5.74, 6) is 1.15. The zero-order valence-electron chi connectivity index (χ0n) is 14.4. The number of benzene rings is 1. The van der Waals surface area contributed by atoms with E-state index < -0.39 is 0 Å². The molecule has 1 aliphatic rings. The van der Waals surface area contributed by atoms with Crippen LogP contribution in [0, 0.1) is 0 Å². The highest BCUT2D eigenvalue weighted by Gasteiger charge is 2.27. The van der Waals surface area contributed by atoms with Crippen LogP contribution in [0.2, 0.25) is 0 Å². The Labute approximate surface area is 152 Å². The molecule has 1 fully saturated rings. The molecule has 132 valence electrons. The fourth-order valence-electron chi connectivity index (χ4n) is 3.29. The van der Waals surface area contributed by atoms with E-state index in [9.17, 15) is 4.79 Å². The number of aromatic nitrogens is 3. The molecule has 6 nitrogen and oxygen atoms in total. The average molecular weight is 348 g/mol. The minimum absolute atomic E-state index is 0.0126. The molecule has 0 spiro atoms. The van der Waals surface area contributed by atoms with Gasteiger partial charge in [0.1, 0.15) is 11.5 Å². The van der Waals surface area contributed by atoms with E-state index in [1.807, 2.05) is 52.2 Å². The van der Waals surface area contributed by atoms with E-state index in [0.717, 1.165) is 19.4 Å². The number of carbonyl (C=O) groups excluding carboxylic acids is 1. The molecule has 1 aromatic carbocycles. The van der Waals surface area contributed by atoms with Crippen molar-refractivity contribution in [2.45, 2.75) is 18.9 Å². The number of rotatable bonds is 4. The molecular weight excluding hydrogens is 328 g/mol. The second-order valence-electron chi connectivity index (χ2n) is 6.32. The first kappa shape index (κ1) is 16.3. The fourth-order valence-corrected chi connectivity index (χ4v) is 3.29. The van der Waals surface area contributed by atoms with E-state index in [2.05, 4.69) is 10.1 Å². The Balaban J connectivity index is 1.54. The molecule has 0 aliphatic carbocycles. The smallest absolute Gasteiger partial charge is 0.257 e. The maximum absolute atomic E-state index is 13.1. The molecule has 0 N–H and O–H groups in total. The van der Waals surface area contributed by atoms with Gasteiger partial charge in [0.05, 0.1) is 17.8 Å². The molecule has 1 atom stereocenters. The van der Waals surface area contributed by atoms with Crippen molar-refractivity contribution in [2.75, 3.05) is 13.1 Å². The molecule has 3 heterocycles. The Morgan fingerprint density at radius 3 is 2.85 bits per heavy atom. The van der Waals surface area contributed by atoms with E-state index in [1.165, 1.54) is 0 Å². The number of pyridine rings is 1. The first-order valence-electron chi connectivity index (χ1n) is 8.76. The predicted molar refractivity (Wildman–Crippen MR) is 97.2 cm³/mol. The topological polar surface area (TPSA) is 60.2 Å². The number of nitrogens with zero attached hydrogens (tertiary/aromatic N) is 4. The number of ether oxygens (including phenoxy) is 1. The zero-order chi connectivity index (χ0) is 17.8. The van der Waals surface area contributed by atoms with Gasteiger partial charge >= 0.3 is 0 Å². The lowest BCUT2D eigenvalue weighted by molar-refractivity contribution is 0.0670. The number of likely N-dealkylation sites (tertiary alicyclic amines) is 1. The monoisotopic (exact) mass is 348 g/mol. The SMILES string of the molecule is O=C(c1ccccc1Oc1cccnc1)N1CCC[C@H](n2cccn2)C1. The van der Waals surface area contributed by atoms with Crippen LogP contribution < -0.4 is 4.74 Å². The van der Waals surface area contributed by atoms with Crippen LogP contribution in [0.4, 0.5) is 0 Å². The van der Waals surface area contributed by atoms with Gasteiger partial charge in [-0.1, -0.05) is 12.1 Å². The third-order valence-electron chi connectivity index (χ3n) is 4.56. The minimum Gasteiger partial charge on any atom is -0.455 e. The van der Waals surface area contributed by atoms with Crippen molar-refractivity contribution >= 4 is 5.91 Å². The molecule has 0 bridgehead atoms. The van der Waals surface area contributed by atoms with Crippen LogP contribution in [0.5, 0.6) is 11.5 Å². The second-order valence-corrected chi connectivity index (χ2v) is 6.32. The molecular formula is C20H20N4O2. The summed E-state index contributed by atoms with van der Waals surface area (Å²) >= 11 is 0. The lowest BCUT2D eigenvalue weighted by Crippen LogP contribution is -2.40. The Morgan fingerprint density at radius 2 is 2.04 bits per heavy atom. The number of carbonyl (C=O) groups is 1. The predicted octanol–water partition coefficient (Wildman–Crippen LogP) is 3.55. The maximum Gasteiger partial charge on any atom is 0.257 e. The van der Waals surface area contributed by atoms with Gasteiger partial charge in [0.2, 0.25) is 0 Å². The van der Waals surface area contributed by atoms with Crippen LogP contribution in [-0.4, -0.2) is 38.7 Å². The van der Waals surface area contributed by atoms with Crippen molar-refractivity contribution in [3.8, 4) is 11.5 Å². The van der Waals surface area contributed by atoms with E-state index in [-0.39, 0.29) is 11.9 Å². The van der Waals surface area contributed by atoms with Gasteiger partial charge in [0.25, 0.3) is 5.91 Å².